The highest BCUT2D eigenvalue weighted by Crippen LogP contribution is 2.24. The molecule has 2 aliphatic rings. The second kappa shape index (κ2) is 5.55. The van der Waals surface area contributed by atoms with Crippen molar-refractivity contribution in [3.05, 3.63) is 35.4 Å². The Labute approximate surface area is 128 Å². The number of ether oxygens (including phenoxy) is 1. The first-order valence-electron chi connectivity index (χ1n) is 7.61. The van der Waals surface area contributed by atoms with Gasteiger partial charge in [-0.3, -0.25) is 14.3 Å². The summed E-state index contributed by atoms with van der Waals surface area (Å²) in [5.74, 6) is 0. The third kappa shape index (κ3) is 2.40. The minimum atomic E-state index is 0.352. The van der Waals surface area contributed by atoms with E-state index >= 15 is 0 Å². The van der Waals surface area contributed by atoms with E-state index < -0.39 is 0 Å². The second-order valence-electron chi connectivity index (χ2n) is 5.89. The summed E-state index contributed by atoms with van der Waals surface area (Å²) in [5, 5.41) is 17.6. The van der Waals surface area contributed by atoms with Crippen LogP contribution in [0.3, 0.4) is 0 Å². The van der Waals surface area contributed by atoms with Gasteiger partial charge in [-0.15, -0.1) is 0 Å². The first-order chi connectivity index (χ1) is 10.8. The van der Waals surface area contributed by atoms with Crippen LogP contribution in [0.4, 0.5) is 0 Å². The quantitative estimate of drug-likeness (QED) is 0.843. The third-order valence-electron chi connectivity index (χ3n) is 4.47. The van der Waals surface area contributed by atoms with Gasteiger partial charge in [0.05, 0.1) is 49.5 Å². The Balaban J connectivity index is 1.43. The number of nitrogens with zero attached hydrogens (tertiary/aromatic N) is 6. The first kappa shape index (κ1) is 13.5. The summed E-state index contributed by atoms with van der Waals surface area (Å²) >= 11 is 0. The van der Waals surface area contributed by atoms with E-state index in [2.05, 4.69) is 25.8 Å². The zero-order chi connectivity index (χ0) is 14.9. The largest absolute Gasteiger partial charge is 0.373 e. The van der Waals surface area contributed by atoms with E-state index in [1.54, 1.807) is 6.20 Å². The van der Waals surface area contributed by atoms with Crippen LogP contribution >= 0.6 is 0 Å². The Kier molecular flexibility index (Phi) is 3.41. The van der Waals surface area contributed by atoms with Gasteiger partial charge in [0, 0.05) is 31.4 Å². The Morgan fingerprint density at radius 1 is 1.32 bits per heavy atom. The summed E-state index contributed by atoms with van der Waals surface area (Å²) in [7, 11) is 0. The maximum atomic E-state index is 8.89. The Morgan fingerprint density at radius 2 is 2.27 bits per heavy atom. The van der Waals surface area contributed by atoms with Gasteiger partial charge in [-0.25, -0.2) is 0 Å². The standard InChI is InChI=1S/C15H18N6O/c16-5-12-6-17-21(8-12)14-1-2-19(10-14)9-13-7-18-20-3-4-22-11-15(13)20/h6-8,14H,1-4,9-11H2. The van der Waals surface area contributed by atoms with Crippen LogP contribution in [0.25, 0.3) is 0 Å². The monoisotopic (exact) mass is 298 g/mol. The molecule has 0 aromatic carbocycles. The van der Waals surface area contributed by atoms with Crippen molar-refractivity contribution in [1.29, 1.82) is 5.26 Å². The van der Waals surface area contributed by atoms with Gasteiger partial charge in [-0.05, 0) is 6.42 Å². The summed E-state index contributed by atoms with van der Waals surface area (Å²) in [6.45, 7) is 5.16. The maximum absolute atomic E-state index is 8.89. The number of hydrogen-bond donors (Lipinski definition) is 0. The number of rotatable bonds is 3. The average Bonchev–Trinajstić information content (AvgIpc) is 3.27. The van der Waals surface area contributed by atoms with E-state index in [-0.39, 0.29) is 0 Å². The van der Waals surface area contributed by atoms with Crippen molar-refractivity contribution in [2.45, 2.75) is 32.2 Å². The van der Waals surface area contributed by atoms with Crippen molar-refractivity contribution >= 4 is 0 Å². The highest BCUT2D eigenvalue weighted by molar-refractivity contribution is 5.22. The van der Waals surface area contributed by atoms with Crippen LogP contribution in [0.1, 0.15) is 29.3 Å². The molecule has 0 N–H and O–H groups in total. The lowest BCUT2D eigenvalue weighted by Crippen LogP contribution is -2.23. The fourth-order valence-electron chi connectivity index (χ4n) is 3.27. The molecule has 2 aromatic rings. The Hall–Kier alpha value is -2.17. The highest BCUT2D eigenvalue weighted by atomic mass is 16.5. The van der Waals surface area contributed by atoms with Crippen LogP contribution in [0.2, 0.25) is 0 Å². The molecule has 2 aliphatic heterocycles. The fraction of sp³-hybridized carbons (Fsp3) is 0.533. The smallest absolute Gasteiger partial charge is 0.102 e. The lowest BCUT2D eigenvalue weighted by molar-refractivity contribution is 0.0788. The summed E-state index contributed by atoms with van der Waals surface area (Å²) in [4.78, 5) is 2.42. The molecule has 4 heterocycles. The summed E-state index contributed by atoms with van der Waals surface area (Å²) in [5.41, 5.74) is 3.10. The van der Waals surface area contributed by atoms with Crippen molar-refractivity contribution < 1.29 is 4.74 Å². The molecule has 7 nitrogen and oxygen atoms in total. The normalized spacial score (nSPS) is 21.7. The molecule has 22 heavy (non-hydrogen) atoms. The van der Waals surface area contributed by atoms with Gasteiger partial charge in [0.15, 0.2) is 0 Å². The molecule has 4 rings (SSSR count). The van der Waals surface area contributed by atoms with Crippen LogP contribution in [0, 0.1) is 11.3 Å². The fourth-order valence-corrected chi connectivity index (χ4v) is 3.27. The molecule has 0 amide bonds. The summed E-state index contributed by atoms with van der Waals surface area (Å²) < 4.78 is 9.52. The molecule has 1 unspecified atom stereocenters. The molecular formula is C15H18N6O. The second-order valence-corrected chi connectivity index (χ2v) is 5.89. The Morgan fingerprint density at radius 3 is 3.14 bits per heavy atom. The van der Waals surface area contributed by atoms with Crippen LogP contribution < -0.4 is 0 Å². The molecule has 0 aliphatic carbocycles. The molecule has 2 aromatic heterocycles. The van der Waals surface area contributed by atoms with E-state index in [1.807, 2.05) is 17.1 Å². The van der Waals surface area contributed by atoms with E-state index in [9.17, 15) is 0 Å². The lowest BCUT2D eigenvalue weighted by Gasteiger charge is -2.19. The topological polar surface area (TPSA) is 71.9 Å². The predicted octanol–water partition coefficient (Wildman–Crippen LogP) is 0.928. The predicted molar refractivity (Wildman–Crippen MR) is 77.8 cm³/mol. The molecular weight excluding hydrogens is 280 g/mol. The minimum Gasteiger partial charge on any atom is -0.373 e. The zero-order valence-corrected chi connectivity index (χ0v) is 12.4. The number of fused-ring (bicyclic) bond motifs is 1. The van der Waals surface area contributed by atoms with Crippen molar-refractivity contribution in [3.63, 3.8) is 0 Å². The van der Waals surface area contributed by atoms with E-state index in [4.69, 9.17) is 10.00 Å². The SMILES string of the molecule is N#Cc1cnn(C2CCN(Cc3cnn4c3COCC4)C2)c1. The molecule has 1 saturated heterocycles. The van der Waals surface area contributed by atoms with Crippen molar-refractivity contribution in [2.75, 3.05) is 19.7 Å². The van der Waals surface area contributed by atoms with Gasteiger partial charge >= 0.3 is 0 Å². The third-order valence-corrected chi connectivity index (χ3v) is 4.47. The zero-order valence-electron chi connectivity index (χ0n) is 12.4. The van der Waals surface area contributed by atoms with Crippen molar-refractivity contribution in [3.8, 4) is 6.07 Å². The van der Waals surface area contributed by atoms with Gasteiger partial charge in [0.2, 0.25) is 0 Å². The molecule has 0 bridgehead atoms. The van der Waals surface area contributed by atoms with Gasteiger partial charge in [0.1, 0.15) is 6.07 Å². The molecule has 0 saturated carbocycles. The molecule has 1 fully saturated rings. The maximum Gasteiger partial charge on any atom is 0.102 e. The molecule has 0 radical (unpaired) electrons. The molecule has 7 heteroatoms. The molecule has 0 spiro atoms. The van der Waals surface area contributed by atoms with Gasteiger partial charge < -0.3 is 4.74 Å². The van der Waals surface area contributed by atoms with Crippen LogP contribution in [-0.2, 0) is 24.4 Å². The molecule has 114 valence electrons. The molecule has 1 atom stereocenters. The number of nitriles is 1. The van der Waals surface area contributed by atoms with Gasteiger partial charge in [0.25, 0.3) is 0 Å². The van der Waals surface area contributed by atoms with Crippen LogP contribution in [0.15, 0.2) is 18.6 Å². The van der Waals surface area contributed by atoms with E-state index in [0.29, 0.717) is 18.2 Å². The minimum absolute atomic E-state index is 0.352. The van der Waals surface area contributed by atoms with Gasteiger partial charge in [-0.2, -0.15) is 15.5 Å². The first-order valence-corrected chi connectivity index (χ1v) is 7.61. The number of aromatic nitrogens is 4. The Bertz CT molecular complexity index is 712. The van der Waals surface area contributed by atoms with Gasteiger partial charge in [-0.1, -0.05) is 0 Å². The summed E-state index contributed by atoms with van der Waals surface area (Å²) in [6, 6.07) is 2.48. The average molecular weight is 298 g/mol. The van der Waals surface area contributed by atoms with Crippen LogP contribution in [0.5, 0.6) is 0 Å². The number of hydrogen-bond acceptors (Lipinski definition) is 5. The van der Waals surface area contributed by atoms with Crippen molar-refractivity contribution in [1.82, 2.24) is 24.5 Å². The highest BCUT2D eigenvalue weighted by Gasteiger charge is 2.26. The van der Waals surface area contributed by atoms with Crippen molar-refractivity contribution in [2.24, 2.45) is 0 Å². The van der Waals surface area contributed by atoms with Crippen LogP contribution in [-0.4, -0.2) is 44.2 Å². The lowest BCUT2D eigenvalue weighted by atomic mass is 10.2. The van der Waals surface area contributed by atoms with E-state index in [0.717, 1.165) is 39.2 Å². The number of likely N-dealkylation sites (tertiary alicyclic amines) is 1. The van der Waals surface area contributed by atoms with E-state index in [1.165, 1.54) is 11.3 Å². The summed E-state index contributed by atoms with van der Waals surface area (Å²) in [6.07, 6.45) is 6.50.